The van der Waals surface area contributed by atoms with Gasteiger partial charge >= 0.3 is 0 Å². The quantitative estimate of drug-likeness (QED) is 0.735. The molecule has 0 aliphatic heterocycles. The van der Waals surface area contributed by atoms with Crippen molar-refractivity contribution in [3.8, 4) is 11.8 Å². The van der Waals surface area contributed by atoms with Crippen molar-refractivity contribution in [1.29, 1.82) is 0 Å². The number of aromatic nitrogens is 2. The van der Waals surface area contributed by atoms with Crippen LogP contribution >= 0.6 is 0 Å². The van der Waals surface area contributed by atoms with E-state index in [2.05, 4.69) is 23.1 Å². The number of nitrogens with zero attached hydrogens (tertiary/aromatic N) is 2. The van der Waals surface area contributed by atoms with Crippen LogP contribution in [-0.2, 0) is 12.8 Å². The fourth-order valence-electron chi connectivity index (χ4n) is 1.62. The highest BCUT2D eigenvalue weighted by Gasteiger charge is 2.00. The van der Waals surface area contributed by atoms with Crippen molar-refractivity contribution >= 4 is 0 Å². The van der Waals surface area contributed by atoms with Crippen LogP contribution in [0.15, 0.2) is 62.0 Å². The molecule has 19 heavy (non-hydrogen) atoms. The molecule has 2 aromatic rings. The minimum Gasteiger partial charge on any atom is -0.421 e. The maximum Gasteiger partial charge on any atom is 0.221 e. The lowest BCUT2D eigenvalue weighted by atomic mass is 10.2. The maximum absolute atomic E-state index is 5.57. The van der Waals surface area contributed by atoms with Gasteiger partial charge in [-0.25, -0.2) is 9.97 Å². The molecule has 96 valence electrons. The topological polar surface area (TPSA) is 35.0 Å². The second-order valence-electron chi connectivity index (χ2n) is 4.10. The van der Waals surface area contributed by atoms with Gasteiger partial charge in [-0.15, -0.1) is 13.2 Å². The molecule has 0 fully saturated rings. The second kappa shape index (κ2) is 6.50. The van der Waals surface area contributed by atoms with Crippen LogP contribution in [0.25, 0.3) is 0 Å². The number of allylic oxidation sites excluding steroid dienone is 2. The van der Waals surface area contributed by atoms with Crippen LogP contribution in [0.2, 0.25) is 0 Å². The van der Waals surface area contributed by atoms with Gasteiger partial charge in [-0.3, -0.25) is 0 Å². The Morgan fingerprint density at radius 2 is 1.32 bits per heavy atom. The van der Waals surface area contributed by atoms with Crippen molar-refractivity contribution in [3.05, 3.63) is 73.1 Å². The highest BCUT2D eigenvalue weighted by atomic mass is 16.5. The lowest BCUT2D eigenvalue weighted by Crippen LogP contribution is -1.92. The Bertz CT molecular complexity index is 492. The zero-order chi connectivity index (χ0) is 13.5. The molecule has 0 aliphatic carbocycles. The van der Waals surface area contributed by atoms with E-state index in [1.165, 1.54) is 0 Å². The lowest BCUT2D eigenvalue weighted by Gasteiger charge is -2.05. The highest BCUT2D eigenvalue weighted by molar-refractivity contribution is 5.25. The summed E-state index contributed by atoms with van der Waals surface area (Å²) in [5, 5.41) is 0. The van der Waals surface area contributed by atoms with Gasteiger partial charge in [-0.05, 0) is 24.0 Å². The summed E-state index contributed by atoms with van der Waals surface area (Å²) in [5.41, 5.74) is 2.22. The van der Waals surface area contributed by atoms with Crippen LogP contribution in [-0.4, -0.2) is 9.97 Å². The first kappa shape index (κ1) is 13.0. The number of rotatable bonds is 6. The fourth-order valence-corrected chi connectivity index (χ4v) is 1.62. The van der Waals surface area contributed by atoms with E-state index in [0.29, 0.717) is 11.8 Å². The van der Waals surface area contributed by atoms with Crippen LogP contribution < -0.4 is 4.74 Å². The van der Waals surface area contributed by atoms with Gasteiger partial charge < -0.3 is 4.74 Å². The lowest BCUT2D eigenvalue weighted by molar-refractivity contribution is 0.444. The summed E-state index contributed by atoms with van der Waals surface area (Å²) in [5.74, 6) is 1.08. The van der Waals surface area contributed by atoms with Crippen molar-refractivity contribution in [2.45, 2.75) is 12.8 Å². The Morgan fingerprint density at radius 1 is 0.842 bits per heavy atom. The molecule has 0 saturated heterocycles. The molecule has 0 unspecified atom stereocenters. The van der Waals surface area contributed by atoms with Crippen molar-refractivity contribution < 1.29 is 4.74 Å². The van der Waals surface area contributed by atoms with E-state index < -0.39 is 0 Å². The summed E-state index contributed by atoms with van der Waals surface area (Å²) in [6, 6.07) is 7.60. The normalized spacial score (nSPS) is 9.89. The van der Waals surface area contributed by atoms with Crippen molar-refractivity contribution in [2.75, 3.05) is 0 Å². The van der Waals surface area contributed by atoms with Gasteiger partial charge in [0, 0.05) is 24.5 Å². The van der Waals surface area contributed by atoms with Crippen LogP contribution in [0.1, 0.15) is 11.1 Å². The minimum atomic E-state index is 0.539. The van der Waals surface area contributed by atoms with Crippen LogP contribution in [0.4, 0.5) is 0 Å². The first-order chi connectivity index (χ1) is 9.31. The molecule has 2 rings (SSSR count). The molecule has 3 nitrogen and oxygen atoms in total. The summed E-state index contributed by atoms with van der Waals surface area (Å²) in [7, 11) is 0. The van der Waals surface area contributed by atoms with Crippen LogP contribution in [0, 0.1) is 0 Å². The molecular formula is C16H16N2O. The fraction of sp³-hybridized carbons (Fsp3) is 0.125. The average Bonchev–Trinajstić information content (AvgIpc) is 2.44. The molecular weight excluding hydrogens is 236 g/mol. The number of ether oxygens (including phenoxy) is 1. The van der Waals surface area contributed by atoms with E-state index >= 15 is 0 Å². The third-order valence-electron chi connectivity index (χ3n) is 2.56. The van der Waals surface area contributed by atoms with Gasteiger partial charge in [0.25, 0.3) is 0 Å². The largest absolute Gasteiger partial charge is 0.421 e. The number of hydrogen-bond acceptors (Lipinski definition) is 3. The van der Waals surface area contributed by atoms with Crippen molar-refractivity contribution in [3.63, 3.8) is 0 Å². The van der Waals surface area contributed by atoms with Gasteiger partial charge in [0.1, 0.15) is 0 Å². The van der Waals surface area contributed by atoms with E-state index in [4.69, 9.17) is 4.74 Å². The molecule has 0 N–H and O–H groups in total. The summed E-state index contributed by atoms with van der Waals surface area (Å²) >= 11 is 0. The minimum absolute atomic E-state index is 0.539. The highest BCUT2D eigenvalue weighted by Crippen LogP contribution is 2.17. The molecule has 0 atom stereocenters. The summed E-state index contributed by atoms with van der Waals surface area (Å²) in [4.78, 5) is 8.45. The number of pyridine rings is 2. The standard InChI is InChI=1S/C16H16N2O/c1-3-5-13-7-9-15(17-11-13)19-16-10-8-14(6-4-2)12-18-16/h3-4,7-12H,1-2,5-6H2. The Hall–Kier alpha value is -2.42. The Kier molecular flexibility index (Phi) is 4.45. The molecule has 0 bridgehead atoms. The predicted octanol–water partition coefficient (Wildman–Crippen LogP) is 3.73. The monoisotopic (exact) mass is 252 g/mol. The van der Waals surface area contributed by atoms with Gasteiger partial charge in [0.15, 0.2) is 0 Å². The van der Waals surface area contributed by atoms with E-state index in [1.807, 2.05) is 36.4 Å². The molecule has 0 spiro atoms. The Morgan fingerprint density at radius 3 is 1.63 bits per heavy atom. The van der Waals surface area contributed by atoms with Crippen LogP contribution in [0.3, 0.4) is 0 Å². The van der Waals surface area contributed by atoms with E-state index in [0.717, 1.165) is 24.0 Å². The van der Waals surface area contributed by atoms with Crippen LogP contribution in [0.5, 0.6) is 11.8 Å². The van der Waals surface area contributed by atoms with Gasteiger partial charge in [-0.1, -0.05) is 24.3 Å². The average molecular weight is 252 g/mol. The SMILES string of the molecule is C=CCc1ccc(Oc2ccc(CC=C)cn2)nc1. The Labute approximate surface area is 113 Å². The van der Waals surface area contributed by atoms with Gasteiger partial charge in [-0.2, -0.15) is 0 Å². The molecule has 2 heterocycles. The smallest absolute Gasteiger partial charge is 0.221 e. The summed E-state index contributed by atoms with van der Waals surface area (Å²) in [6.45, 7) is 7.39. The molecule has 0 aromatic carbocycles. The first-order valence-electron chi connectivity index (χ1n) is 6.11. The zero-order valence-electron chi connectivity index (χ0n) is 10.7. The third-order valence-corrected chi connectivity index (χ3v) is 2.56. The molecule has 0 amide bonds. The van der Waals surface area contributed by atoms with Crippen molar-refractivity contribution in [1.82, 2.24) is 9.97 Å². The zero-order valence-corrected chi connectivity index (χ0v) is 10.7. The molecule has 3 heteroatoms. The third kappa shape index (κ3) is 3.78. The summed E-state index contributed by atoms with van der Waals surface area (Å²) in [6.07, 6.45) is 8.87. The summed E-state index contributed by atoms with van der Waals surface area (Å²) < 4.78 is 5.57. The van der Waals surface area contributed by atoms with E-state index in [9.17, 15) is 0 Å². The van der Waals surface area contributed by atoms with Gasteiger partial charge in [0.2, 0.25) is 11.8 Å². The van der Waals surface area contributed by atoms with E-state index in [1.54, 1.807) is 12.4 Å². The number of hydrogen-bond donors (Lipinski definition) is 0. The first-order valence-corrected chi connectivity index (χ1v) is 6.11. The van der Waals surface area contributed by atoms with Gasteiger partial charge in [0.05, 0.1) is 0 Å². The maximum atomic E-state index is 5.57. The second-order valence-corrected chi connectivity index (χ2v) is 4.10. The van der Waals surface area contributed by atoms with E-state index in [-0.39, 0.29) is 0 Å². The molecule has 0 aliphatic rings. The molecule has 0 radical (unpaired) electrons. The molecule has 2 aromatic heterocycles. The Balaban J connectivity index is 2.03. The van der Waals surface area contributed by atoms with Crippen molar-refractivity contribution in [2.24, 2.45) is 0 Å². The predicted molar refractivity (Wildman–Crippen MR) is 76.4 cm³/mol. The molecule has 0 saturated carbocycles.